The predicted molar refractivity (Wildman–Crippen MR) is 121 cm³/mol. The van der Waals surface area contributed by atoms with Crippen LogP contribution in [0.2, 0.25) is 5.02 Å². The lowest BCUT2D eigenvalue weighted by molar-refractivity contribution is -0.107. The molecule has 5 rings (SSSR count). The van der Waals surface area contributed by atoms with Crippen LogP contribution >= 0.6 is 27.5 Å². The van der Waals surface area contributed by atoms with Gasteiger partial charge < -0.3 is 14.6 Å². The van der Waals surface area contributed by atoms with Crippen molar-refractivity contribution in [2.24, 2.45) is 0 Å². The predicted octanol–water partition coefficient (Wildman–Crippen LogP) is 5.81. The highest BCUT2D eigenvalue weighted by atomic mass is 79.9. The van der Waals surface area contributed by atoms with Gasteiger partial charge in [0.25, 0.3) is 0 Å². The molecule has 2 heterocycles. The number of methoxy groups -OCH3 is 1. The summed E-state index contributed by atoms with van der Waals surface area (Å²) in [5, 5.41) is 12.4. The molecule has 30 heavy (non-hydrogen) atoms. The molecule has 1 saturated carbocycles. The summed E-state index contributed by atoms with van der Waals surface area (Å²) in [6.45, 7) is 0. The number of aromatic nitrogens is 1. The number of fused-ring (bicyclic) bond motifs is 3. The number of hydrogen-bond acceptors (Lipinski definition) is 4. The molecule has 0 saturated heterocycles. The van der Waals surface area contributed by atoms with E-state index in [1.54, 1.807) is 26.5 Å². The van der Waals surface area contributed by atoms with E-state index < -0.39 is 11.2 Å². The van der Waals surface area contributed by atoms with E-state index in [0.29, 0.717) is 22.9 Å². The Kier molecular flexibility index (Phi) is 5.90. The Hall–Kier alpha value is -1.92. The van der Waals surface area contributed by atoms with E-state index in [-0.39, 0.29) is 5.92 Å². The zero-order valence-corrected chi connectivity index (χ0v) is 19.2. The number of pyridine rings is 1. The van der Waals surface area contributed by atoms with Gasteiger partial charge in [-0.1, -0.05) is 70.0 Å². The van der Waals surface area contributed by atoms with Crippen molar-refractivity contribution >= 4 is 27.5 Å². The summed E-state index contributed by atoms with van der Waals surface area (Å²) in [7, 11) is 3.25. The number of aliphatic hydroxyl groups is 1. The molecule has 1 aliphatic heterocycles. The van der Waals surface area contributed by atoms with E-state index in [1.165, 1.54) is 0 Å². The maximum Gasteiger partial charge on any atom is 0.175 e. The van der Waals surface area contributed by atoms with Crippen molar-refractivity contribution in [2.75, 3.05) is 14.2 Å². The first kappa shape index (κ1) is 21.3. The standard InChI is InChI=1S/C22H17BrClNO2.C2H6O/c23-16-8-6-15(7-9-16)22-18(14-4-2-1-3-5-14)10-11-21(22,26)20-19(27-22)12-17(24)13-25-20;1-3-2/h1-9,12-13,18,26H,10-11H2;1-2H3. The Morgan fingerprint density at radius 2 is 1.80 bits per heavy atom. The van der Waals surface area contributed by atoms with Crippen molar-refractivity contribution in [1.82, 2.24) is 4.98 Å². The molecule has 2 aromatic carbocycles. The maximum absolute atomic E-state index is 11.9. The molecule has 0 radical (unpaired) electrons. The normalized spacial score (nSPS) is 26.2. The van der Waals surface area contributed by atoms with Crippen LogP contribution in [0, 0.1) is 0 Å². The molecule has 0 bridgehead atoms. The Labute approximate surface area is 190 Å². The Morgan fingerprint density at radius 1 is 1.13 bits per heavy atom. The second-order valence-corrected chi connectivity index (χ2v) is 8.97. The highest BCUT2D eigenvalue weighted by Crippen LogP contribution is 2.66. The lowest BCUT2D eigenvalue weighted by Crippen LogP contribution is -2.48. The van der Waals surface area contributed by atoms with Gasteiger partial charge >= 0.3 is 0 Å². The zero-order chi connectivity index (χ0) is 21.4. The second-order valence-electron chi connectivity index (χ2n) is 7.62. The van der Waals surface area contributed by atoms with E-state index in [9.17, 15) is 5.11 Å². The first-order valence-electron chi connectivity index (χ1n) is 9.75. The smallest absolute Gasteiger partial charge is 0.175 e. The monoisotopic (exact) mass is 487 g/mol. The third-order valence-electron chi connectivity index (χ3n) is 5.86. The summed E-state index contributed by atoms with van der Waals surface area (Å²) >= 11 is 9.66. The minimum Gasteiger partial charge on any atom is -0.476 e. The van der Waals surface area contributed by atoms with E-state index >= 15 is 0 Å². The van der Waals surface area contributed by atoms with E-state index in [0.717, 1.165) is 22.0 Å². The highest BCUT2D eigenvalue weighted by Gasteiger charge is 2.69. The molecule has 0 amide bonds. The summed E-state index contributed by atoms with van der Waals surface area (Å²) in [5.41, 5.74) is 0.522. The Bertz CT molecular complexity index is 1030. The molecule has 3 unspecified atom stereocenters. The van der Waals surface area contributed by atoms with E-state index in [2.05, 4.69) is 37.8 Å². The lowest BCUT2D eigenvalue weighted by atomic mass is 9.73. The van der Waals surface area contributed by atoms with Gasteiger partial charge in [0.05, 0.1) is 5.02 Å². The van der Waals surface area contributed by atoms with Crippen LogP contribution in [0.1, 0.15) is 35.6 Å². The van der Waals surface area contributed by atoms with Gasteiger partial charge in [0.15, 0.2) is 11.2 Å². The van der Waals surface area contributed by atoms with Crippen molar-refractivity contribution in [3.05, 3.63) is 93.2 Å². The molecule has 3 atom stereocenters. The van der Waals surface area contributed by atoms with Crippen molar-refractivity contribution < 1.29 is 14.6 Å². The van der Waals surface area contributed by atoms with Gasteiger partial charge in [-0.25, -0.2) is 0 Å². The molecule has 2 aliphatic rings. The molecule has 156 valence electrons. The molecule has 1 N–H and O–H groups in total. The van der Waals surface area contributed by atoms with Gasteiger partial charge in [-0.2, -0.15) is 0 Å². The summed E-state index contributed by atoms with van der Waals surface area (Å²) in [6.07, 6.45) is 2.96. The Morgan fingerprint density at radius 3 is 2.47 bits per heavy atom. The number of benzene rings is 2. The first-order valence-corrected chi connectivity index (χ1v) is 10.9. The molecule has 1 fully saturated rings. The zero-order valence-electron chi connectivity index (χ0n) is 16.8. The first-order chi connectivity index (χ1) is 14.5. The maximum atomic E-state index is 11.9. The molecule has 6 heteroatoms. The molecule has 3 aromatic rings. The van der Waals surface area contributed by atoms with Gasteiger partial charge in [0, 0.05) is 36.9 Å². The average Bonchev–Trinajstić information content (AvgIpc) is 3.16. The number of halogens is 2. The third kappa shape index (κ3) is 3.25. The van der Waals surface area contributed by atoms with Crippen LogP contribution in [0.4, 0.5) is 0 Å². The number of ether oxygens (including phenoxy) is 2. The lowest BCUT2D eigenvalue weighted by Gasteiger charge is -2.39. The molecule has 4 nitrogen and oxygen atoms in total. The van der Waals surface area contributed by atoms with Gasteiger partial charge in [0.1, 0.15) is 11.4 Å². The minimum absolute atomic E-state index is 0.00199. The largest absolute Gasteiger partial charge is 0.476 e. The summed E-state index contributed by atoms with van der Waals surface area (Å²) in [4.78, 5) is 4.47. The van der Waals surface area contributed by atoms with Crippen LogP contribution < -0.4 is 4.74 Å². The van der Waals surface area contributed by atoms with Crippen LogP contribution in [0.25, 0.3) is 0 Å². The van der Waals surface area contributed by atoms with E-state index in [1.807, 2.05) is 42.5 Å². The van der Waals surface area contributed by atoms with Gasteiger partial charge in [-0.3, -0.25) is 4.98 Å². The minimum atomic E-state index is -1.21. The highest BCUT2D eigenvalue weighted by molar-refractivity contribution is 9.10. The summed E-state index contributed by atoms with van der Waals surface area (Å²) < 4.78 is 11.8. The number of hydrogen-bond donors (Lipinski definition) is 1. The van der Waals surface area contributed by atoms with Crippen molar-refractivity contribution in [1.29, 1.82) is 0 Å². The van der Waals surface area contributed by atoms with Gasteiger partial charge in [-0.05, 0) is 36.1 Å². The fourth-order valence-electron chi connectivity index (χ4n) is 4.75. The number of nitrogens with zero attached hydrogens (tertiary/aromatic N) is 1. The third-order valence-corrected chi connectivity index (χ3v) is 6.59. The van der Waals surface area contributed by atoms with Gasteiger partial charge in [0.2, 0.25) is 0 Å². The summed E-state index contributed by atoms with van der Waals surface area (Å²) in [6, 6.07) is 20.0. The van der Waals surface area contributed by atoms with Crippen LogP contribution in [0.15, 0.2) is 71.3 Å². The number of rotatable bonds is 2. The van der Waals surface area contributed by atoms with Crippen LogP contribution in [-0.2, 0) is 15.9 Å². The molecular weight excluding hydrogens is 466 g/mol. The molecule has 1 aromatic heterocycles. The molecule has 1 aliphatic carbocycles. The van der Waals surface area contributed by atoms with Crippen molar-refractivity contribution in [3.8, 4) is 5.75 Å². The molecular formula is C24H23BrClNO3. The second kappa shape index (κ2) is 8.31. The topological polar surface area (TPSA) is 51.6 Å². The van der Waals surface area contributed by atoms with Crippen LogP contribution in [0.3, 0.4) is 0 Å². The summed E-state index contributed by atoms with van der Waals surface area (Å²) in [5.74, 6) is 0.561. The Balaban J connectivity index is 0.000000687. The van der Waals surface area contributed by atoms with Crippen molar-refractivity contribution in [3.63, 3.8) is 0 Å². The van der Waals surface area contributed by atoms with Crippen LogP contribution in [-0.4, -0.2) is 24.3 Å². The SMILES string of the molecule is COC.OC12CCC(c3ccccc3)C1(c1ccc(Br)cc1)Oc1cc(Cl)cnc12. The van der Waals surface area contributed by atoms with E-state index in [4.69, 9.17) is 16.3 Å². The molecule has 0 spiro atoms. The van der Waals surface area contributed by atoms with Crippen LogP contribution in [0.5, 0.6) is 5.75 Å². The van der Waals surface area contributed by atoms with Crippen molar-refractivity contribution in [2.45, 2.75) is 30.0 Å². The fourth-order valence-corrected chi connectivity index (χ4v) is 5.16. The average molecular weight is 489 g/mol. The quantitative estimate of drug-likeness (QED) is 0.494. The van der Waals surface area contributed by atoms with Gasteiger partial charge in [-0.15, -0.1) is 0 Å². The fraction of sp³-hybridized carbons (Fsp3) is 0.292.